The van der Waals surface area contributed by atoms with Crippen molar-refractivity contribution >= 4 is 0 Å². The predicted octanol–water partition coefficient (Wildman–Crippen LogP) is 3.37. The fourth-order valence-corrected chi connectivity index (χ4v) is 2.14. The van der Waals surface area contributed by atoms with Gasteiger partial charge in [-0.25, -0.2) is 4.68 Å². The second kappa shape index (κ2) is 5.85. The third-order valence-electron chi connectivity index (χ3n) is 3.37. The minimum absolute atomic E-state index is 0.316. The molecule has 0 bridgehead atoms. The van der Waals surface area contributed by atoms with Gasteiger partial charge in [0.2, 0.25) is 0 Å². The highest BCUT2D eigenvalue weighted by atomic mass is 19.4. The summed E-state index contributed by atoms with van der Waals surface area (Å²) >= 11 is 0. The molecular weight excluding hydrogens is 307 g/mol. The number of hydrogen-bond donors (Lipinski definition) is 1. The normalized spacial score (nSPS) is 13.0. The number of aliphatic hydroxyl groups excluding tert-OH is 1. The van der Waals surface area contributed by atoms with Gasteiger partial charge in [-0.3, -0.25) is 0 Å². The van der Waals surface area contributed by atoms with Crippen molar-refractivity contribution in [3.63, 3.8) is 0 Å². The monoisotopic (exact) mass is 319 g/mol. The highest BCUT2D eigenvalue weighted by molar-refractivity contribution is 5.35. The summed E-state index contributed by atoms with van der Waals surface area (Å²) in [5, 5.41) is 18.0. The maximum Gasteiger partial charge on any atom is 0.416 e. The van der Waals surface area contributed by atoms with E-state index in [0.29, 0.717) is 16.9 Å². The number of aromatic nitrogens is 3. The molecule has 0 spiro atoms. The first-order chi connectivity index (χ1) is 10.9. The molecule has 0 saturated heterocycles. The van der Waals surface area contributed by atoms with Crippen LogP contribution in [-0.2, 0) is 6.18 Å². The van der Waals surface area contributed by atoms with Crippen molar-refractivity contribution in [1.29, 1.82) is 0 Å². The molecule has 3 rings (SSSR count). The minimum Gasteiger partial charge on any atom is -0.382 e. The van der Waals surface area contributed by atoms with Crippen LogP contribution in [0.5, 0.6) is 0 Å². The van der Waals surface area contributed by atoms with Crippen LogP contribution in [-0.4, -0.2) is 20.1 Å². The molecule has 1 aromatic heterocycles. The Balaban J connectivity index is 1.85. The van der Waals surface area contributed by atoms with E-state index < -0.39 is 17.8 Å². The zero-order valence-electron chi connectivity index (χ0n) is 11.8. The van der Waals surface area contributed by atoms with E-state index in [0.717, 1.165) is 12.1 Å². The second-order valence-electron chi connectivity index (χ2n) is 4.95. The Bertz CT molecular complexity index is 782. The average Bonchev–Trinajstić information content (AvgIpc) is 3.04. The second-order valence-corrected chi connectivity index (χ2v) is 4.95. The third-order valence-corrected chi connectivity index (χ3v) is 3.37. The standard InChI is InChI=1S/C16H12F3N3O/c17-16(18,19)12-6-8-13(9-7-12)22-10-14(20-21-22)15(23)11-4-2-1-3-5-11/h1-10,15,23H/t15-/m1/s1. The quantitative estimate of drug-likeness (QED) is 0.805. The predicted molar refractivity (Wildman–Crippen MR) is 76.9 cm³/mol. The van der Waals surface area contributed by atoms with Crippen LogP contribution in [0.4, 0.5) is 13.2 Å². The molecule has 1 N–H and O–H groups in total. The Morgan fingerprint density at radius 2 is 1.61 bits per heavy atom. The molecule has 0 aliphatic heterocycles. The number of nitrogens with zero attached hydrogens (tertiary/aromatic N) is 3. The first-order valence-corrected chi connectivity index (χ1v) is 6.78. The van der Waals surface area contributed by atoms with E-state index in [1.807, 2.05) is 6.07 Å². The van der Waals surface area contributed by atoms with Gasteiger partial charge in [0.25, 0.3) is 0 Å². The van der Waals surface area contributed by atoms with Crippen LogP contribution in [0.2, 0.25) is 0 Å². The molecule has 7 heteroatoms. The first-order valence-electron chi connectivity index (χ1n) is 6.78. The Kier molecular flexibility index (Phi) is 3.87. The summed E-state index contributed by atoms with van der Waals surface area (Å²) in [5.41, 5.74) is 0.672. The number of rotatable bonds is 3. The van der Waals surface area contributed by atoms with Gasteiger partial charge < -0.3 is 5.11 Å². The van der Waals surface area contributed by atoms with Gasteiger partial charge in [0.05, 0.1) is 17.4 Å². The molecule has 1 atom stereocenters. The highest BCUT2D eigenvalue weighted by Crippen LogP contribution is 2.29. The lowest BCUT2D eigenvalue weighted by atomic mass is 10.1. The summed E-state index contributed by atoms with van der Waals surface area (Å²) in [5.74, 6) is 0. The smallest absolute Gasteiger partial charge is 0.382 e. The lowest BCUT2D eigenvalue weighted by molar-refractivity contribution is -0.137. The fourth-order valence-electron chi connectivity index (χ4n) is 2.14. The summed E-state index contributed by atoms with van der Waals surface area (Å²) < 4.78 is 39.0. The SMILES string of the molecule is O[C@H](c1ccccc1)c1cn(-c2ccc(C(F)(F)F)cc2)nn1. The van der Waals surface area contributed by atoms with Crippen molar-refractivity contribution in [1.82, 2.24) is 15.0 Å². The minimum atomic E-state index is -4.38. The third kappa shape index (κ3) is 3.24. The molecule has 23 heavy (non-hydrogen) atoms. The van der Waals surface area contributed by atoms with Crippen molar-refractivity contribution in [2.24, 2.45) is 0 Å². The fraction of sp³-hybridized carbons (Fsp3) is 0.125. The van der Waals surface area contributed by atoms with Crippen LogP contribution in [0.3, 0.4) is 0 Å². The Hall–Kier alpha value is -2.67. The Morgan fingerprint density at radius 1 is 0.957 bits per heavy atom. The van der Waals surface area contributed by atoms with Gasteiger partial charge in [-0.1, -0.05) is 35.5 Å². The van der Waals surface area contributed by atoms with Gasteiger partial charge >= 0.3 is 6.18 Å². The van der Waals surface area contributed by atoms with E-state index in [2.05, 4.69) is 10.3 Å². The summed E-state index contributed by atoms with van der Waals surface area (Å²) in [6, 6.07) is 13.5. The van der Waals surface area contributed by atoms with Gasteiger partial charge in [-0.15, -0.1) is 5.10 Å². The van der Waals surface area contributed by atoms with Gasteiger partial charge in [0.15, 0.2) is 0 Å². The van der Waals surface area contributed by atoms with Gasteiger partial charge in [0.1, 0.15) is 11.8 Å². The largest absolute Gasteiger partial charge is 0.416 e. The zero-order chi connectivity index (χ0) is 16.4. The molecule has 0 aliphatic carbocycles. The lowest BCUT2D eigenvalue weighted by Crippen LogP contribution is -2.05. The molecular formula is C16H12F3N3O. The molecule has 0 radical (unpaired) electrons. The number of halogens is 3. The molecule has 0 amide bonds. The van der Waals surface area contributed by atoms with E-state index in [1.54, 1.807) is 24.3 Å². The molecule has 0 fully saturated rings. The van der Waals surface area contributed by atoms with Crippen LogP contribution in [0.15, 0.2) is 60.8 Å². The molecule has 0 aliphatic rings. The maximum absolute atomic E-state index is 12.6. The number of alkyl halides is 3. The highest BCUT2D eigenvalue weighted by Gasteiger charge is 2.30. The van der Waals surface area contributed by atoms with Crippen LogP contribution in [0, 0.1) is 0 Å². The van der Waals surface area contributed by atoms with Gasteiger partial charge in [-0.2, -0.15) is 13.2 Å². The van der Waals surface area contributed by atoms with Crippen LogP contribution < -0.4 is 0 Å². The Labute approximate surface area is 129 Å². The van der Waals surface area contributed by atoms with Gasteiger partial charge in [0, 0.05) is 0 Å². The van der Waals surface area contributed by atoms with E-state index in [1.165, 1.54) is 23.0 Å². The molecule has 118 valence electrons. The van der Waals surface area contributed by atoms with Crippen molar-refractivity contribution in [2.75, 3.05) is 0 Å². The van der Waals surface area contributed by atoms with Crippen LogP contribution in [0.25, 0.3) is 5.69 Å². The molecule has 0 unspecified atom stereocenters. The van der Waals surface area contributed by atoms with Crippen LogP contribution in [0.1, 0.15) is 22.9 Å². The summed E-state index contributed by atoms with van der Waals surface area (Å²) in [6.45, 7) is 0. The van der Waals surface area contributed by atoms with Gasteiger partial charge in [-0.05, 0) is 29.8 Å². The summed E-state index contributed by atoms with van der Waals surface area (Å²) in [4.78, 5) is 0. The summed E-state index contributed by atoms with van der Waals surface area (Å²) in [6.07, 6.45) is -3.84. The first kappa shape index (κ1) is 15.2. The topological polar surface area (TPSA) is 50.9 Å². The molecule has 4 nitrogen and oxygen atoms in total. The van der Waals surface area contributed by atoms with Crippen LogP contribution >= 0.6 is 0 Å². The van der Waals surface area contributed by atoms with Crippen molar-refractivity contribution in [3.8, 4) is 5.69 Å². The van der Waals surface area contributed by atoms with E-state index in [-0.39, 0.29) is 0 Å². The maximum atomic E-state index is 12.6. The zero-order valence-corrected chi connectivity index (χ0v) is 11.8. The Morgan fingerprint density at radius 3 is 2.22 bits per heavy atom. The number of hydrogen-bond acceptors (Lipinski definition) is 3. The van der Waals surface area contributed by atoms with Crippen molar-refractivity contribution in [3.05, 3.63) is 77.6 Å². The number of benzene rings is 2. The van der Waals surface area contributed by atoms with E-state index in [9.17, 15) is 18.3 Å². The average molecular weight is 319 g/mol. The molecule has 3 aromatic rings. The molecule has 1 heterocycles. The van der Waals surface area contributed by atoms with Crippen molar-refractivity contribution in [2.45, 2.75) is 12.3 Å². The molecule has 2 aromatic carbocycles. The van der Waals surface area contributed by atoms with E-state index >= 15 is 0 Å². The molecule has 0 saturated carbocycles. The van der Waals surface area contributed by atoms with E-state index in [4.69, 9.17) is 0 Å². The summed E-state index contributed by atoms with van der Waals surface area (Å²) in [7, 11) is 0. The van der Waals surface area contributed by atoms with Crippen molar-refractivity contribution < 1.29 is 18.3 Å². The number of aliphatic hydroxyl groups is 1. The lowest BCUT2D eigenvalue weighted by Gasteiger charge is -2.07.